The van der Waals surface area contributed by atoms with E-state index in [1.807, 2.05) is 0 Å². The highest BCUT2D eigenvalue weighted by Crippen LogP contribution is 2.32. The van der Waals surface area contributed by atoms with Crippen LogP contribution in [0.4, 0.5) is 33.2 Å². The Morgan fingerprint density at radius 1 is 1.15 bits per heavy atom. The summed E-state index contributed by atoms with van der Waals surface area (Å²) >= 11 is 0. The van der Waals surface area contributed by atoms with Gasteiger partial charge in [-0.2, -0.15) is 10.1 Å². The summed E-state index contributed by atoms with van der Waals surface area (Å²) in [5.41, 5.74) is 2.39. The van der Waals surface area contributed by atoms with Gasteiger partial charge in [-0.05, 0) is 30.3 Å². The highest BCUT2D eigenvalue weighted by molar-refractivity contribution is 5.99. The van der Waals surface area contributed by atoms with Crippen LogP contribution in [-0.2, 0) is 11.8 Å². The van der Waals surface area contributed by atoms with E-state index in [1.54, 1.807) is 48.8 Å². The third kappa shape index (κ3) is 5.15. The number of aryl methyl sites for hydroxylation is 1. The Kier molecular flexibility index (Phi) is 6.44. The Morgan fingerprint density at radius 2 is 2.00 bits per heavy atom. The van der Waals surface area contributed by atoms with Gasteiger partial charge in [0.15, 0.2) is 0 Å². The van der Waals surface area contributed by atoms with Gasteiger partial charge in [-0.3, -0.25) is 14.5 Å². The molecule has 1 aromatic carbocycles. The molecule has 4 rings (SSSR count). The molecule has 0 unspecified atom stereocenters. The van der Waals surface area contributed by atoms with Gasteiger partial charge in [-0.15, -0.1) is 0 Å². The lowest BCUT2D eigenvalue weighted by Crippen LogP contribution is -2.08. The molecule has 3 heterocycles. The summed E-state index contributed by atoms with van der Waals surface area (Å²) in [5, 5.41) is 12.8. The van der Waals surface area contributed by atoms with Crippen molar-refractivity contribution < 1.29 is 13.9 Å². The van der Waals surface area contributed by atoms with E-state index in [4.69, 9.17) is 4.74 Å². The van der Waals surface area contributed by atoms with Crippen molar-refractivity contribution in [2.24, 2.45) is 7.05 Å². The highest BCUT2D eigenvalue weighted by atomic mass is 19.1. The van der Waals surface area contributed by atoms with Crippen molar-refractivity contribution in [3.63, 3.8) is 0 Å². The molecule has 34 heavy (non-hydrogen) atoms. The largest absolute Gasteiger partial charge is 0.495 e. The zero-order valence-electron chi connectivity index (χ0n) is 18.4. The molecule has 0 atom stereocenters. The third-order valence-corrected chi connectivity index (χ3v) is 4.68. The van der Waals surface area contributed by atoms with Crippen molar-refractivity contribution >= 4 is 34.7 Å². The fourth-order valence-corrected chi connectivity index (χ4v) is 3.06. The molecule has 0 aliphatic carbocycles. The normalized spacial score (nSPS) is 10.4. The third-order valence-electron chi connectivity index (χ3n) is 4.68. The van der Waals surface area contributed by atoms with E-state index in [2.05, 4.69) is 42.6 Å². The number of benzene rings is 1. The zero-order valence-corrected chi connectivity index (χ0v) is 18.4. The van der Waals surface area contributed by atoms with Gasteiger partial charge in [-0.1, -0.05) is 6.58 Å². The molecule has 3 aromatic heterocycles. The maximum absolute atomic E-state index is 14.7. The average Bonchev–Trinajstić information content (AvgIpc) is 3.25. The number of carbonyl (C=O) groups excluding carboxylic acids is 1. The Labute approximate surface area is 194 Å². The maximum atomic E-state index is 14.7. The molecular weight excluding hydrogens is 439 g/mol. The molecular formula is C23H21FN8O2. The first-order valence-electron chi connectivity index (χ1n) is 10.1. The van der Waals surface area contributed by atoms with Gasteiger partial charge < -0.3 is 20.7 Å². The second-order valence-corrected chi connectivity index (χ2v) is 7.11. The predicted molar refractivity (Wildman–Crippen MR) is 127 cm³/mol. The lowest BCUT2D eigenvalue weighted by atomic mass is 10.1. The molecule has 172 valence electrons. The van der Waals surface area contributed by atoms with Crippen LogP contribution < -0.4 is 20.7 Å². The van der Waals surface area contributed by atoms with E-state index in [0.717, 1.165) is 6.08 Å². The second-order valence-electron chi connectivity index (χ2n) is 7.11. The first-order valence-corrected chi connectivity index (χ1v) is 10.1. The van der Waals surface area contributed by atoms with Crippen LogP contribution in [0.15, 0.2) is 67.9 Å². The number of pyridine rings is 1. The van der Waals surface area contributed by atoms with Crippen molar-refractivity contribution in [1.29, 1.82) is 0 Å². The molecule has 1 amide bonds. The summed E-state index contributed by atoms with van der Waals surface area (Å²) in [6, 6.07) is 5.91. The lowest BCUT2D eigenvalue weighted by Gasteiger charge is -2.14. The number of hydrogen-bond donors (Lipinski definition) is 3. The van der Waals surface area contributed by atoms with E-state index >= 15 is 0 Å². The van der Waals surface area contributed by atoms with E-state index in [9.17, 15) is 9.18 Å². The first-order chi connectivity index (χ1) is 16.4. The van der Waals surface area contributed by atoms with Gasteiger partial charge in [0.05, 0.1) is 30.9 Å². The smallest absolute Gasteiger partial charge is 0.247 e. The number of ether oxygens (including phenoxy) is 1. The topological polar surface area (TPSA) is 119 Å². The van der Waals surface area contributed by atoms with Crippen LogP contribution >= 0.6 is 0 Å². The molecule has 0 radical (unpaired) electrons. The molecule has 10 nitrogen and oxygen atoms in total. The fourth-order valence-electron chi connectivity index (χ4n) is 3.06. The van der Waals surface area contributed by atoms with Crippen LogP contribution in [0, 0.1) is 5.82 Å². The first kappa shape index (κ1) is 22.4. The molecule has 3 N–H and O–H groups in total. The Balaban J connectivity index is 1.74. The number of hydrogen-bond acceptors (Lipinski definition) is 8. The summed E-state index contributed by atoms with van der Waals surface area (Å²) in [6.45, 7) is 3.42. The van der Waals surface area contributed by atoms with E-state index < -0.39 is 11.7 Å². The molecule has 4 aromatic rings. The number of nitrogens with one attached hydrogen (secondary N) is 3. The zero-order chi connectivity index (χ0) is 24.1. The summed E-state index contributed by atoms with van der Waals surface area (Å²) in [6.07, 6.45) is 9.30. The molecule has 0 aliphatic rings. The summed E-state index contributed by atoms with van der Waals surface area (Å²) < 4.78 is 21.6. The lowest BCUT2D eigenvalue weighted by molar-refractivity contribution is -0.111. The van der Waals surface area contributed by atoms with Crippen molar-refractivity contribution in [3.8, 4) is 16.9 Å². The summed E-state index contributed by atoms with van der Waals surface area (Å²) in [4.78, 5) is 24.8. The van der Waals surface area contributed by atoms with Gasteiger partial charge in [-0.25, -0.2) is 9.37 Å². The van der Waals surface area contributed by atoms with Gasteiger partial charge >= 0.3 is 0 Å². The average molecular weight is 460 g/mol. The Hall–Kier alpha value is -4.80. The van der Waals surface area contributed by atoms with Crippen molar-refractivity contribution in [2.45, 2.75) is 0 Å². The maximum Gasteiger partial charge on any atom is 0.247 e. The number of carbonyl (C=O) groups is 1. The van der Waals surface area contributed by atoms with Crippen molar-refractivity contribution in [3.05, 3.63) is 73.7 Å². The molecule has 0 saturated carbocycles. The number of amides is 1. The summed E-state index contributed by atoms with van der Waals surface area (Å²) in [7, 11) is 3.33. The van der Waals surface area contributed by atoms with E-state index in [1.165, 1.54) is 25.3 Å². The number of methoxy groups -OCH3 is 1. The second kappa shape index (κ2) is 9.77. The van der Waals surface area contributed by atoms with Gasteiger partial charge in [0.1, 0.15) is 17.4 Å². The van der Waals surface area contributed by atoms with E-state index in [-0.39, 0.29) is 11.6 Å². The predicted octanol–water partition coefficient (Wildman–Crippen LogP) is 4.03. The van der Waals surface area contributed by atoms with Crippen LogP contribution in [0.2, 0.25) is 0 Å². The standard InChI is InChI=1S/C23H21FN8O2/c1-4-21(33)28-15-5-6-19(24)20(8-15)30-22-18(14-7-17(34-3)11-25-9-14)12-26-23(31-22)29-16-10-27-32(2)13-16/h4-13H,1H2,2-3H3,(H,28,33)(H2,26,29,30,31). The Morgan fingerprint density at radius 3 is 2.74 bits per heavy atom. The van der Waals surface area contributed by atoms with Crippen molar-refractivity contribution in [2.75, 3.05) is 23.1 Å². The molecule has 11 heteroatoms. The quantitative estimate of drug-likeness (QED) is 0.337. The van der Waals surface area contributed by atoms with Crippen LogP contribution in [0.3, 0.4) is 0 Å². The molecule has 0 aliphatic heterocycles. The number of aromatic nitrogens is 5. The number of nitrogens with zero attached hydrogens (tertiary/aromatic N) is 5. The minimum Gasteiger partial charge on any atom is -0.495 e. The number of halogens is 1. The van der Waals surface area contributed by atoms with E-state index in [0.29, 0.717) is 34.1 Å². The van der Waals surface area contributed by atoms with Crippen molar-refractivity contribution in [1.82, 2.24) is 24.7 Å². The molecule has 0 fully saturated rings. The minimum atomic E-state index is -0.535. The molecule has 0 spiro atoms. The Bertz CT molecular complexity index is 1350. The van der Waals surface area contributed by atoms with Crippen LogP contribution in [0.5, 0.6) is 5.75 Å². The highest BCUT2D eigenvalue weighted by Gasteiger charge is 2.14. The molecule has 0 saturated heterocycles. The minimum absolute atomic E-state index is 0.102. The van der Waals surface area contributed by atoms with Gasteiger partial charge in [0.25, 0.3) is 0 Å². The summed E-state index contributed by atoms with van der Waals surface area (Å²) in [5.74, 6) is 0.174. The van der Waals surface area contributed by atoms with Crippen LogP contribution in [-0.4, -0.2) is 37.7 Å². The number of anilines is 5. The van der Waals surface area contributed by atoms with Crippen LogP contribution in [0.1, 0.15) is 0 Å². The number of rotatable bonds is 8. The van der Waals surface area contributed by atoms with Crippen LogP contribution in [0.25, 0.3) is 11.1 Å². The van der Waals surface area contributed by atoms with Gasteiger partial charge in [0, 0.05) is 42.5 Å². The molecule has 0 bridgehead atoms. The fraction of sp³-hybridized carbons (Fsp3) is 0.0870. The SMILES string of the molecule is C=CC(=O)Nc1ccc(F)c(Nc2nc(Nc3cnn(C)c3)ncc2-c2cncc(OC)c2)c1. The monoisotopic (exact) mass is 460 g/mol. The van der Waals surface area contributed by atoms with Gasteiger partial charge in [0.2, 0.25) is 11.9 Å².